The van der Waals surface area contributed by atoms with E-state index in [1.54, 1.807) is 6.07 Å². The van der Waals surface area contributed by atoms with Gasteiger partial charge in [0.1, 0.15) is 0 Å². The van der Waals surface area contributed by atoms with Crippen molar-refractivity contribution in [1.82, 2.24) is 10.0 Å². The molecule has 5 nitrogen and oxygen atoms in total. The maximum absolute atomic E-state index is 11.7. The van der Waals surface area contributed by atoms with Gasteiger partial charge in [0.25, 0.3) is 10.0 Å². The van der Waals surface area contributed by atoms with Crippen LogP contribution in [0, 0.1) is 0 Å². The Hall–Kier alpha value is -0.850. The highest BCUT2D eigenvalue weighted by Crippen LogP contribution is 2.11. The molecule has 0 radical (unpaired) electrons. The molecule has 1 aliphatic heterocycles. The normalized spacial score (nSPS) is 22.8. The van der Waals surface area contributed by atoms with Crippen LogP contribution in [0.1, 0.15) is 12.8 Å². The van der Waals surface area contributed by atoms with Gasteiger partial charge in [-0.3, -0.25) is 0 Å². The third kappa shape index (κ3) is 2.58. The molecule has 0 aromatic carbocycles. The topological polar surface area (TPSA) is 71.3 Å². The SMILES string of the molecule is O=S(=O)(N[C@@H]1CCCNC1)c1ccco1. The molecular formula is C9H14N2O3S. The molecule has 0 amide bonds. The number of hydrogen-bond donors (Lipinski definition) is 2. The summed E-state index contributed by atoms with van der Waals surface area (Å²) in [5.41, 5.74) is 0. The molecule has 1 aliphatic rings. The van der Waals surface area contributed by atoms with E-state index in [1.165, 1.54) is 12.3 Å². The third-order valence-corrected chi connectivity index (χ3v) is 3.78. The van der Waals surface area contributed by atoms with Gasteiger partial charge < -0.3 is 9.73 Å². The molecule has 1 aromatic heterocycles. The van der Waals surface area contributed by atoms with Crippen LogP contribution < -0.4 is 10.0 Å². The molecule has 2 heterocycles. The van der Waals surface area contributed by atoms with E-state index < -0.39 is 10.0 Å². The Labute approximate surface area is 88.9 Å². The van der Waals surface area contributed by atoms with E-state index in [4.69, 9.17) is 4.42 Å². The van der Waals surface area contributed by atoms with Crippen molar-refractivity contribution in [2.75, 3.05) is 13.1 Å². The van der Waals surface area contributed by atoms with Crippen molar-refractivity contribution in [3.63, 3.8) is 0 Å². The predicted molar refractivity (Wildman–Crippen MR) is 54.9 cm³/mol. The first-order chi connectivity index (χ1) is 7.18. The summed E-state index contributed by atoms with van der Waals surface area (Å²) in [7, 11) is -3.47. The van der Waals surface area contributed by atoms with Crippen LogP contribution in [0.5, 0.6) is 0 Å². The predicted octanol–water partition coefficient (Wildman–Crippen LogP) is 0.310. The Morgan fingerprint density at radius 2 is 2.40 bits per heavy atom. The van der Waals surface area contributed by atoms with Crippen molar-refractivity contribution in [2.24, 2.45) is 0 Å². The van der Waals surface area contributed by atoms with Gasteiger partial charge in [-0.15, -0.1) is 0 Å². The van der Waals surface area contributed by atoms with E-state index in [2.05, 4.69) is 10.0 Å². The minimum absolute atomic E-state index is 0.0203. The summed E-state index contributed by atoms with van der Waals surface area (Å²) in [5, 5.41) is 3.12. The van der Waals surface area contributed by atoms with Gasteiger partial charge in [0.05, 0.1) is 6.26 Å². The van der Waals surface area contributed by atoms with Gasteiger partial charge in [0, 0.05) is 12.6 Å². The van der Waals surface area contributed by atoms with Crippen LogP contribution >= 0.6 is 0 Å². The molecule has 84 valence electrons. The van der Waals surface area contributed by atoms with Crippen LogP contribution in [0.15, 0.2) is 27.9 Å². The summed E-state index contributed by atoms with van der Waals surface area (Å²) in [6.07, 6.45) is 3.21. The molecule has 0 spiro atoms. The maximum Gasteiger partial charge on any atom is 0.274 e. The maximum atomic E-state index is 11.7. The number of furan rings is 1. The van der Waals surface area contributed by atoms with Crippen molar-refractivity contribution >= 4 is 10.0 Å². The van der Waals surface area contributed by atoms with Crippen molar-refractivity contribution < 1.29 is 12.8 Å². The molecule has 6 heteroatoms. The van der Waals surface area contributed by atoms with Crippen LogP contribution in [-0.4, -0.2) is 27.5 Å². The van der Waals surface area contributed by atoms with E-state index in [0.29, 0.717) is 6.54 Å². The quantitative estimate of drug-likeness (QED) is 0.784. The number of sulfonamides is 1. The lowest BCUT2D eigenvalue weighted by molar-refractivity contribution is 0.411. The molecule has 0 aliphatic carbocycles. The zero-order valence-electron chi connectivity index (χ0n) is 8.27. The first-order valence-electron chi connectivity index (χ1n) is 4.95. The summed E-state index contributed by atoms with van der Waals surface area (Å²) in [5.74, 6) is 0. The van der Waals surface area contributed by atoms with Crippen molar-refractivity contribution in [2.45, 2.75) is 24.0 Å². The summed E-state index contributed by atoms with van der Waals surface area (Å²) < 4.78 is 30.9. The highest BCUT2D eigenvalue weighted by Gasteiger charge is 2.23. The third-order valence-electron chi connectivity index (χ3n) is 2.38. The highest BCUT2D eigenvalue weighted by atomic mass is 32.2. The molecular weight excluding hydrogens is 216 g/mol. The second kappa shape index (κ2) is 4.34. The molecule has 1 fully saturated rings. The van der Waals surface area contributed by atoms with E-state index in [9.17, 15) is 8.42 Å². The van der Waals surface area contributed by atoms with E-state index in [0.717, 1.165) is 19.4 Å². The Balaban J connectivity index is 2.04. The molecule has 0 bridgehead atoms. The van der Waals surface area contributed by atoms with Gasteiger partial charge in [0.2, 0.25) is 5.09 Å². The first kappa shape index (κ1) is 10.7. The molecule has 1 atom stereocenters. The van der Waals surface area contributed by atoms with Crippen LogP contribution in [0.3, 0.4) is 0 Å². The van der Waals surface area contributed by atoms with Crippen LogP contribution in [-0.2, 0) is 10.0 Å². The van der Waals surface area contributed by atoms with E-state index >= 15 is 0 Å². The van der Waals surface area contributed by atoms with Crippen molar-refractivity contribution in [3.8, 4) is 0 Å². The van der Waals surface area contributed by atoms with Crippen molar-refractivity contribution in [1.29, 1.82) is 0 Å². The summed E-state index contributed by atoms with van der Waals surface area (Å²) in [6.45, 7) is 1.64. The molecule has 1 saturated heterocycles. The molecule has 2 N–H and O–H groups in total. The number of nitrogens with one attached hydrogen (secondary N) is 2. The van der Waals surface area contributed by atoms with Crippen LogP contribution in [0.25, 0.3) is 0 Å². The number of piperidine rings is 1. The lowest BCUT2D eigenvalue weighted by atomic mass is 10.1. The highest BCUT2D eigenvalue weighted by molar-refractivity contribution is 7.89. The fraction of sp³-hybridized carbons (Fsp3) is 0.556. The second-order valence-electron chi connectivity index (χ2n) is 3.60. The Kier molecular flexibility index (Phi) is 3.08. The van der Waals surface area contributed by atoms with E-state index in [-0.39, 0.29) is 11.1 Å². The van der Waals surface area contributed by atoms with Crippen molar-refractivity contribution in [3.05, 3.63) is 18.4 Å². The largest absolute Gasteiger partial charge is 0.452 e. The standard InChI is InChI=1S/C9H14N2O3S/c12-15(13,9-4-2-6-14-9)11-8-3-1-5-10-7-8/h2,4,6,8,10-11H,1,3,5,7H2/t8-/m1/s1. The van der Waals surface area contributed by atoms with Gasteiger partial charge in [-0.25, -0.2) is 13.1 Å². The molecule has 0 saturated carbocycles. The number of rotatable bonds is 3. The second-order valence-corrected chi connectivity index (χ2v) is 5.24. The lowest BCUT2D eigenvalue weighted by Crippen LogP contribution is -2.45. The van der Waals surface area contributed by atoms with Gasteiger partial charge in [-0.1, -0.05) is 0 Å². The summed E-state index contributed by atoms with van der Waals surface area (Å²) >= 11 is 0. The van der Waals surface area contributed by atoms with E-state index in [1.807, 2.05) is 0 Å². The molecule has 2 rings (SSSR count). The smallest absolute Gasteiger partial charge is 0.274 e. The molecule has 15 heavy (non-hydrogen) atoms. The Bertz CT molecular complexity index is 393. The Morgan fingerprint density at radius 3 is 3.00 bits per heavy atom. The minimum Gasteiger partial charge on any atom is -0.452 e. The van der Waals surface area contributed by atoms with Gasteiger partial charge in [0.15, 0.2) is 0 Å². The fourth-order valence-electron chi connectivity index (χ4n) is 1.65. The van der Waals surface area contributed by atoms with Crippen LogP contribution in [0.2, 0.25) is 0 Å². The first-order valence-corrected chi connectivity index (χ1v) is 6.43. The van der Waals surface area contributed by atoms with Crippen LogP contribution in [0.4, 0.5) is 0 Å². The Morgan fingerprint density at radius 1 is 1.53 bits per heavy atom. The fourth-order valence-corrected chi connectivity index (χ4v) is 2.84. The van der Waals surface area contributed by atoms with Gasteiger partial charge in [-0.05, 0) is 31.5 Å². The average molecular weight is 230 g/mol. The molecule has 0 unspecified atom stereocenters. The molecule has 1 aromatic rings. The zero-order chi connectivity index (χ0) is 10.7. The average Bonchev–Trinajstić information content (AvgIpc) is 2.71. The summed E-state index contributed by atoms with van der Waals surface area (Å²) in [6, 6.07) is 2.97. The summed E-state index contributed by atoms with van der Waals surface area (Å²) in [4.78, 5) is 0. The number of hydrogen-bond acceptors (Lipinski definition) is 4. The minimum atomic E-state index is -3.47. The zero-order valence-corrected chi connectivity index (χ0v) is 9.09. The monoisotopic (exact) mass is 230 g/mol. The van der Waals surface area contributed by atoms with Gasteiger partial charge >= 0.3 is 0 Å². The van der Waals surface area contributed by atoms with Gasteiger partial charge in [-0.2, -0.15) is 0 Å². The lowest BCUT2D eigenvalue weighted by Gasteiger charge is -2.22.